The first-order valence-corrected chi connectivity index (χ1v) is 6.86. The zero-order valence-electron chi connectivity index (χ0n) is 10.3. The fourth-order valence-electron chi connectivity index (χ4n) is 1.42. The number of methoxy groups -OCH3 is 1. The summed E-state index contributed by atoms with van der Waals surface area (Å²) in [6, 6.07) is 1.23. The number of ether oxygens (including phenoxy) is 1. The molecule has 0 aliphatic rings. The Morgan fingerprint density at radius 1 is 1.56 bits per heavy atom. The molecule has 1 rings (SSSR count). The van der Waals surface area contributed by atoms with Crippen molar-refractivity contribution in [3.8, 4) is 0 Å². The summed E-state index contributed by atoms with van der Waals surface area (Å²) >= 11 is 0. The number of sulfonamides is 1. The second-order valence-electron chi connectivity index (χ2n) is 3.87. The van der Waals surface area contributed by atoms with Gasteiger partial charge in [-0.15, -0.1) is 0 Å². The lowest BCUT2D eigenvalue weighted by Crippen LogP contribution is -2.28. The molecule has 0 aliphatic heterocycles. The van der Waals surface area contributed by atoms with E-state index in [0.717, 1.165) is 0 Å². The molecule has 1 aromatic rings. The summed E-state index contributed by atoms with van der Waals surface area (Å²) in [5, 5.41) is 4.96. The molecule has 7 nitrogen and oxygen atoms in total. The van der Waals surface area contributed by atoms with Crippen molar-refractivity contribution in [2.45, 2.75) is 11.3 Å². The molecule has 0 atom stereocenters. The predicted octanol–water partition coefficient (Wildman–Crippen LogP) is -0.229. The SMILES string of the molecule is COCCCN(C)C(=O)c1cc(S(N)(=O)=O)c[nH]1. The van der Waals surface area contributed by atoms with Crippen LogP contribution in [-0.4, -0.2) is 51.5 Å². The molecule has 3 N–H and O–H groups in total. The molecule has 0 unspecified atom stereocenters. The molecule has 0 aliphatic carbocycles. The number of aromatic amines is 1. The molecule has 0 aromatic carbocycles. The van der Waals surface area contributed by atoms with Crippen LogP contribution in [0.1, 0.15) is 16.9 Å². The van der Waals surface area contributed by atoms with Gasteiger partial charge in [0.25, 0.3) is 5.91 Å². The molecular formula is C10H17N3O4S. The van der Waals surface area contributed by atoms with Gasteiger partial charge in [0.1, 0.15) is 5.69 Å². The Morgan fingerprint density at radius 3 is 2.72 bits per heavy atom. The second-order valence-corrected chi connectivity index (χ2v) is 5.43. The highest BCUT2D eigenvalue weighted by Crippen LogP contribution is 2.10. The standard InChI is InChI=1S/C10H17N3O4S/c1-13(4-3-5-17-2)10(14)9-6-8(7-12-9)18(11,15)16/h6-7,12H,3-5H2,1-2H3,(H2,11,15,16). The van der Waals surface area contributed by atoms with Crippen LogP contribution in [0.4, 0.5) is 0 Å². The molecule has 0 saturated carbocycles. The van der Waals surface area contributed by atoms with Crippen LogP contribution < -0.4 is 5.14 Å². The van der Waals surface area contributed by atoms with Crippen molar-refractivity contribution in [3.05, 3.63) is 18.0 Å². The van der Waals surface area contributed by atoms with E-state index in [-0.39, 0.29) is 16.5 Å². The topological polar surface area (TPSA) is 105 Å². The number of nitrogens with two attached hydrogens (primary N) is 1. The second kappa shape index (κ2) is 5.98. The summed E-state index contributed by atoms with van der Waals surface area (Å²) < 4.78 is 27.0. The van der Waals surface area contributed by atoms with Crippen LogP contribution in [0.5, 0.6) is 0 Å². The van der Waals surface area contributed by atoms with E-state index in [4.69, 9.17) is 9.88 Å². The van der Waals surface area contributed by atoms with Gasteiger partial charge in [-0.05, 0) is 12.5 Å². The highest BCUT2D eigenvalue weighted by molar-refractivity contribution is 7.89. The number of hydrogen-bond acceptors (Lipinski definition) is 4. The maximum Gasteiger partial charge on any atom is 0.270 e. The number of rotatable bonds is 6. The Kier molecular flexibility index (Phi) is 4.88. The lowest BCUT2D eigenvalue weighted by atomic mass is 10.3. The zero-order valence-corrected chi connectivity index (χ0v) is 11.2. The lowest BCUT2D eigenvalue weighted by Gasteiger charge is -2.15. The van der Waals surface area contributed by atoms with Crippen molar-refractivity contribution in [3.63, 3.8) is 0 Å². The Labute approximate surface area is 106 Å². The molecule has 0 radical (unpaired) electrons. The largest absolute Gasteiger partial charge is 0.385 e. The van der Waals surface area contributed by atoms with Gasteiger partial charge in [0, 0.05) is 33.5 Å². The third-order valence-corrected chi connectivity index (χ3v) is 3.30. The number of carbonyl (C=O) groups excluding carboxylic acids is 1. The molecule has 0 spiro atoms. The lowest BCUT2D eigenvalue weighted by molar-refractivity contribution is 0.0774. The predicted molar refractivity (Wildman–Crippen MR) is 65.6 cm³/mol. The third-order valence-electron chi connectivity index (χ3n) is 2.40. The zero-order chi connectivity index (χ0) is 13.8. The van der Waals surface area contributed by atoms with Gasteiger partial charge in [-0.3, -0.25) is 4.79 Å². The number of nitrogens with one attached hydrogen (secondary N) is 1. The summed E-state index contributed by atoms with van der Waals surface area (Å²) in [7, 11) is -0.561. The fraction of sp³-hybridized carbons (Fsp3) is 0.500. The molecule has 1 aromatic heterocycles. The highest BCUT2D eigenvalue weighted by atomic mass is 32.2. The van der Waals surface area contributed by atoms with Crippen LogP contribution >= 0.6 is 0 Å². The van der Waals surface area contributed by atoms with Crippen LogP contribution in [0.25, 0.3) is 0 Å². The van der Waals surface area contributed by atoms with Gasteiger partial charge in [0.05, 0.1) is 4.90 Å². The van der Waals surface area contributed by atoms with Crippen LogP contribution in [0.3, 0.4) is 0 Å². The van der Waals surface area contributed by atoms with E-state index in [1.54, 1.807) is 14.2 Å². The molecule has 18 heavy (non-hydrogen) atoms. The summed E-state index contributed by atoms with van der Waals surface area (Å²) in [6.45, 7) is 1.08. The smallest absolute Gasteiger partial charge is 0.270 e. The van der Waals surface area contributed by atoms with Crippen molar-refractivity contribution in [2.75, 3.05) is 27.3 Å². The van der Waals surface area contributed by atoms with Gasteiger partial charge in [-0.1, -0.05) is 0 Å². The first-order valence-electron chi connectivity index (χ1n) is 5.32. The Bertz CT molecular complexity index is 509. The minimum absolute atomic E-state index is 0.101. The summed E-state index contributed by atoms with van der Waals surface area (Å²) in [5.41, 5.74) is 0.193. The quantitative estimate of drug-likeness (QED) is 0.699. The van der Waals surface area contributed by atoms with E-state index in [2.05, 4.69) is 4.98 Å². The number of primary sulfonamides is 1. The minimum Gasteiger partial charge on any atom is -0.385 e. The molecule has 0 fully saturated rings. The van der Waals surface area contributed by atoms with Crippen LogP contribution in [0.2, 0.25) is 0 Å². The maximum atomic E-state index is 11.9. The Balaban J connectivity index is 2.70. The summed E-state index contributed by atoms with van der Waals surface area (Å²) in [6.07, 6.45) is 1.91. The van der Waals surface area contributed by atoms with Gasteiger partial charge in [-0.25, -0.2) is 13.6 Å². The number of carbonyl (C=O) groups is 1. The van der Waals surface area contributed by atoms with Crippen molar-refractivity contribution < 1.29 is 17.9 Å². The number of amides is 1. The summed E-state index contributed by atoms with van der Waals surface area (Å²) in [4.78, 5) is 15.9. The van der Waals surface area contributed by atoms with Crippen molar-refractivity contribution in [2.24, 2.45) is 5.14 Å². The molecule has 0 bridgehead atoms. The maximum absolute atomic E-state index is 11.9. The summed E-state index contributed by atoms with van der Waals surface area (Å²) in [5.74, 6) is -0.291. The number of hydrogen-bond donors (Lipinski definition) is 2. The van der Waals surface area contributed by atoms with Gasteiger partial charge in [0.2, 0.25) is 10.0 Å². The van der Waals surface area contributed by atoms with E-state index in [1.807, 2.05) is 0 Å². The third kappa shape index (κ3) is 3.83. The molecule has 1 heterocycles. The average Bonchev–Trinajstić information content (AvgIpc) is 2.77. The number of nitrogens with zero attached hydrogens (tertiary/aromatic N) is 1. The highest BCUT2D eigenvalue weighted by Gasteiger charge is 2.17. The first kappa shape index (κ1) is 14.7. The molecule has 1 amide bonds. The number of H-pyrrole nitrogens is 1. The Hall–Kier alpha value is -1.38. The van der Waals surface area contributed by atoms with Gasteiger partial charge in [0.15, 0.2) is 0 Å². The minimum atomic E-state index is -3.78. The number of aromatic nitrogens is 1. The average molecular weight is 275 g/mol. The van der Waals surface area contributed by atoms with E-state index >= 15 is 0 Å². The first-order chi connectivity index (χ1) is 8.36. The molecule has 8 heteroatoms. The molecule has 0 saturated heterocycles. The van der Waals surface area contributed by atoms with E-state index < -0.39 is 10.0 Å². The monoisotopic (exact) mass is 275 g/mol. The van der Waals surface area contributed by atoms with Crippen LogP contribution in [0.15, 0.2) is 17.2 Å². The van der Waals surface area contributed by atoms with E-state index in [0.29, 0.717) is 19.6 Å². The Morgan fingerprint density at radius 2 is 2.22 bits per heavy atom. The van der Waals surface area contributed by atoms with Gasteiger partial charge in [-0.2, -0.15) is 0 Å². The van der Waals surface area contributed by atoms with Gasteiger partial charge >= 0.3 is 0 Å². The van der Waals surface area contributed by atoms with E-state index in [1.165, 1.54) is 17.2 Å². The fourth-order valence-corrected chi connectivity index (χ4v) is 1.92. The normalized spacial score (nSPS) is 11.5. The van der Waals surface area contributed by atoms with Gasteiger partial charge < -0.3 is 14.6 Å². The van der Waals surface area contributed by atoms with Crippen molar-refractivity contribution >= 4 is 15.9 Å². The van der Waals surface area contributed by atoms with E-state index in [9.17, 15) is 13.2 Å². The molecular weight excluding hydrogens is 258 g/mol. The molecule has 102 valence electrons. The van der Waals surface area contributed by atoms with Crippen molar-refractivity contribution in [1.82, 2.24) is 9.88 Å². The van der Waals surface area contributed by atoms with Crippen LogP contribution in [-0.2, 0) is 14.8 Å². The van der Waals surface area contributed by atoms with Crippen LogP contribution in [0, 0.1) is 0 Å². The van der Waals surface area contributed by atoms with Crippen molar-refractivity contribution in [1.29, 1.82) is 0 Å².